The molecule has 2 amide bonds. The zero-order valence-electron chi connectivity index (χ0n) is 21.4. The van der Waals surface area contributed by atoms with Gasteiger partial charge in [0.2, 0.25) is 5.91 Å². The summed E-state index contributed by atoms with van der Waals surface area (Å²) >= 11 is 1.30. The molecule has 0 saturated heterocycles. The molecule has 8 nitrogen and oxygen atoms in total. The van der Waals surface area contributed by atoms with Gasteiger partial charge in [-0.25, -0.2) is 0 Å². The number of aromatic nitrogens is 3. The second kappa shape index (κ2) is 12.4. The minimum Gasteiger partial charge on any atom is -0.497 e. The average Bonchev–Trinajstić information content (AvgIpc) is 3.26. The maximum absolute atomic E-state index is 13.0. The number of nitrogens with zero attached hydrogens (tertiary/aromatic N) is 3. The number of anilines is 1. The number of ether oxygens (including phenoxy) is 1. The fourth-order valence-corrected chi connectivity index (χ4v) is 4.39. The maximum atomic E-state index is 13.0. The zero-order valence-corrected chi connectivity index (χ0v) is 22.2. The van der Waals surface area contributed by atoms with Gasteiger partial charge in [-0.1, -0.05) is 43.8 Å². The Labute approximate surface area is 216 Å². The molecule has 0 aliphatic rings. The van der Waals surface area contributed by atoms with Gasteiger partial charge < -0.3 is 19.9 Å². The van der Waals surface area contributed by atoms with Crippen LogP contribution in [0.5, 0.6) is 5.75 Å². The number of allylic oxidation sites excluding steroid dienone is 1. The molecule has 0 aliphatic heterocycles. The Hall–Kier alpha value is -3.59. The molecule has 1 atom stereocenters. The van der Waals surface area contributed by atoms with Crippen LogP contribution < -0.4 is 15.4 Å². The van der Waals surface area contributed by atoms with Crippen LogP contribution in [0.15, 0.2) is 60.3 Å². The van der Waals surface area contributed by atoms with Crippen LogP contribution in [-0.4, -0.2) is 39.4 Å². The third-order valence-electron chi connectivity index (χ3n) is 5.85. The fourth-order valence-electron chi connectivity index (χ4n) is 3.64. The van der Waals surface area contributed by atoms with Gasteiger partial charge in [-0.15, -0.1) is 16.8 Å². The van der Waals surface area contributed by atoms with Crippen LogP contribution in [0.1, 0.15) is 47.2 Å². The largest absolute Gasteiger partial charge is 0.497 e. The smallest absolute Gasteiger partial charge is 0.251 e. The van der Waals surface area contributed by atoms with E-state index in [1.807, 2.05) is 50.5 Å². The third-order valence-corrected chi connectivity index (χ3v) is 6.82. The topological polar surface area (TPSA) is 98.1 Å². The lowest BCUT2D eigenvalue weighted by atomic mass is 10.0. The zero-order chi connectivity index (χ0) is 26.2. The minimum atomic E-state index is -0.384. The van der Waals surface area contributed by atoms with Crippen molar-refractivity contribution in [1.82, 2.24) is 20.1 Å². The first-order chi connectivity index (χ1) is 17.2. The Bertz CT molecular complexity index is 1220. The number of hydrogen-bond donors (Lipinski definition) is 2. The lowest BCUT2D eigenvalue weighted by Gasteiger charge is -2.22. The monoisotopic (exact) mass is 507 g/mol. The summed E-state index contributed by atoms with van der Waals surface area (Å²) in [6.07, 6.45) is 1.75. The molecular formula is C27H33N5O3S. The van der Waals surface area contributed by atoms with Gasteiger partial charge in [0.05, 0.1) is 18.9 Å². The molecule has 0 saturated carbocycles. The van der Waals surface area contributed by atoms with E-state index in [0.29, 0.717) is 28.8 Å². The summed E-state index contributed by atoms with van der Waals surface area (Å²) in [7, 11) is 1.58. The van der Waals surface area contributed by atoms with Gasteiger partial charge in [0.1, 0.15) is 5.75 Å². The molecule has 190 valence electrons. The molecule has 1 aromatic heterocycles. The van der Waals surface area contributed by atoms with Crippen molar-refractivity contribution in [3.63, 3.8) is 0 Å². The van der Waals surface area contributed by atoms with Gasteiger partial charge in [0, 0.05) is 17.8 Å². The van der Waals surface area contributed by atoms with Crippen molar-refractivity contribution in [3.05, 3.63) is 77.6 Å². The van der Waals surface area contributed by atoms with E-state index in [4.69, 9.17) is 4.74 Å². The molecule has 0 spiro atoms. The molecule has 0 radical (unpaired) electrons. The molecule has 36 heavy (non-hydrogen) atoms. The van der Waals surface area contributed by atoms with Crippen molar-refractivity contribution in [1.29, 1.82) is 0 Å². The first-order valence-electron chi connectivity index (χ1n) is 11.7. The summed E-state index contributed by atoms with van der Waals surface area (Å²) in [4.78, 5) is 25.6. The van der Waals surface area contributed by atoms with Crippen LogP contribution in [0.4, 0.5) is 5.69 Å². The molecule has 2 N–H and O–H groups in total. The molecule has 3 aromatic rings. The number of amides is 2. The average molecular weight is 508 g/mol. The van der Waals surface area contributed by atoms with Crippen molar-refractivity contribution >= 4 is 29.3 Å². The van der Waals surface area contributed by atoms with Crippen LogP contribution in [0, 0.1) is 19.8 Å². The number of carbonyl (C=O) groups excluding carboxylic acids is 2. The standard InChI is InChI=1S/C27H33N5O3S/c1-7-15-32-25(24(17(2)3)29-26(34)20-11-13-21(35-6)14-12-20)30-31-27(32)36-16-23(33)28-22-10-8-9-18(4)19(22)5/h7-14,17,24H,1,15-16H2,2-6H3,(H,28,33)(H,29,34)/t24-/m0/s1. The molecular weight excluding hydrogens is 474 g/mol. The quantitative estimate of drug-likeness (QED) is 0.282. The molecule has 0 unspecified atom stereocenters. The van der Waals surface area contributed by atoms with Gasteiger partial charge in [-0.3, -0.25) is 9.59 Å². The highest BCUT2D eigenvalue weighted by molar-refractivity contribution is 7.99. The lowest BCUT2D eigenvalue weighted by molar-refractivity contribution is -0.113. The Kier molecular flexibility index (Phi) is 9.30. The van der Waals surface area contributed by atoms with Gasteiger partial charge >= 0.3 is 0 Å². The molecule has 3 rings (SSSR count). The number of aryl methyl sites for hydroxylation is 1. The number of benzene rings is 2. The van der Waals surface area contributed by atoms with E-state index in [1.54, 1.807) is 37.5 Å². The normalized spacial score (nSPS) is 11.7. The van der Waals surface area contributed by atoms with E-state index in [2.05, 4.69) is 27.4 Å². The fraction of sp³-hybridized carbons (Fsp3) is 0.333. The second-order valence-electron chi connectivity index (χ2n) is 8.75. The van der Waals surface area contributed by atoms with Crippen LogP contribution in [0.25, 0.3) is 0 Å². The maximum Gasteiger partial charge on any atom is 0.251 e. The van der Waals surface area contributed by atoms with Gasteiger partial charge in [-0.2, -0.15) is 0 Å². The SMILES string of the molecule is C=CCn1c(SCC(=O)Nc2cccc(C)c2C)nnc1[C@@H](NC(=O)c1ccc(OC)cc1)C(C)C. The number of carbonyl (C=O) groups is 2. The highest BCUT2D eigenvalue weighted by atomic mass is 32.2. The molecule has 0 aliphatic carbocycles. The number of nitrogens with one attached hydrogen (secondary N) is 2. The van der Waals surface area contributed by atoms with Crippen molar-refractivity contribution in [2.45, 2.75) is 45.4 Å². The summed E-state index contributed by atoms with van der Waals surface area (Å²) in [6, 6.07) is 12.4. The predicted molar refractivity (Wildman–Crippen MR) is 144 cm³/mol. The van der Waals surface area contributed by atoms with Crippen LogP contribution in [0.2, 0.25) is 0 Å². The highest BCUT2D eigenvalue weighted by Gasteiger charge is 2.26. The lowest BCUT2D eigenvalue weighted by Crippen LogP contribution is -2.33. The van der Waals surface area contributed by atoms with E-state index in [-0.39, 0.29) is 29.5 Å². The summed E-state index contributed by atoms with van der Waals surface area (Å²) in [5, 5.41) is 15.4. The number of methoxy groups -OCH3 is 1. The van der Waals surface area contributed by atoms with E-state index < -0.39 is 0 Å². The molecule has 1 heterocycles. The van der Waals surface area contributed by atoms with Crippen molar-refractivity contribution in [3.8, 4) is 5.75 Å². The molecule has 0 fully saturated rings. The molecule has 9 heteroatoms. The number of hydrogen-bond acceptors (Lipinski definition) is 6. The Balaban J connectivity index is 1.75. The number of thioether (sulfide) groups is 1. The Morgan fingerprint density at radius 2 is 1.86 bits per heavy atom. The summed E-state index contributed by atoms with van der Waals surface area (Å²) < 4.78 is 7.06. The molecule has 2 aromatic carbocycles. The highest BCUT2D eigenvalue weighted by Crippen LogP contribution is 2.26. The van der Waals surface area contributed by atoms with Crippen molar-refractivity contribution < 1.29 is 14.3 Å². The first kappa shape index (κ1) is 27.0. The Morgan fingerprint density at radius 1 is 1.14 bits per heavy atom. The van der Waals surface area contributed by atoms with E-state index in [1.165, 1.54) is 11.8 Å². The number of rotatable bonds is 11. The first-order valence-corrected chi connectivity index (χ1v) is 12.7. The Morgan fingerprint density at radius 3 is 2.50 bits per heavy atom. The van der Waals surface area contributed by atoms with E-state index in [0.717, 1.165) is 16.8 Å². The predicted octanol–water partition coefficient (Wildman–Crippen LogP) is 4.95. The summed E-state index contributed by atoms with van der Waals surface area (Å²) in [5.74, 6) is 1.17. The minimum absolute atomic E-state index is 0.0467. The second-order valence-corrected chi connectivity index (χ2v) is 9.69. The van der Waals surface area contributed by atoms with Crippen molar-refractivity contribution in [2.24, 2.45) is 5.92 Å². The van der Waals surface area contributed by atoms with Gasteiger partial charge in [-0.05, 0) is 61.2 Å². The van der Waals surface area contributed by atoms with Crippen LogP contribution in [-0.2, 0) is 11.3 Å². The van der Waals surface area contributed by atoms with E-state index in [9.17, 15) is 9.59 Å². The van der Waals surface area contributed by atoms with Gasteiger partial charge in [0.15, 0.2) is 11.0 Å². The third kappa shape index (κ3) is 6.54. The summed E-state index contributed by atoms with van der Waals surface area (Å²) in [6.45, 7) is 12.3. The molecule has 0 bridgehead atoms. The summed E-state index contributed by atoms with van der Waals surface area (Å²) in [5.41, 5.74) is 3.48. The van der Waals surface area contributed by atoms with E-state index >= 15 is 0 Å². The van der Waals surface area contributed by atoms with Crippen LogP contribution in [0.3, 0.4) is 0 Å². The van der Waals surface area contributed by atoms with Crippen molar-refractivity contribution in [2.75, 3.05) is 18.2 Å². The van der Waals surface area contributed by atoms with Crippen LogP contribution >= 0.6 is 11.8 Å². The van der Waals surface area contributed by atoms with Gasteiger partial charge in [0.25, 0.3) is 5.91 Å².